The number of carbonyl (C=O) groups is 1. The Morgan fingerprint density at radius 1 is 0.850 bits per heavy atom. The van der Waals surface area contributed by atoms with Crippen LogP contribution in [0.5, 0.6) is 0 Å². The molecule has 0 spiro atoms. The fourth-order valence-electron chi connectivity index (χ4n) is 2.78. The summed E-state index contributed by atoms with van der Waals surface area (Å²) in [5.74, 6) is 0.0856. The molecular weight excluding hydrogens is 268 g/mol. The highest BCUT2D eigenvalue weighted by atomic mass is 32.2. The Balaban J connectivity index is 2.27. The molecule has 1 heterocycles. The zero-order valence-electron chi connectivity index (χ0n) is 11.5. The summed E-state index contributed by atoms with van der Waals surface area (Å²) in [6, 6.07) is 19.9. The number of likely N-dealkylation sites (N-methyl/N-ethyl adjacent to an activating group) is 2. The van der Waals surface area contributed by atoms with Crippen molar-refractivity contribution in [1.29, 1.82) is 0 Å². The van der Waals surface area contributed by atoms with Crippen LogP contribution in [-0.2, 0) is 10.3 Å². The quantitative estimate of drug-likeness (QED) is 0.792. The lowest BCUT2D eigenvalue weighted by atomic mass is 9.82. The Bertz CT molecular complexity index is 575. The van der Waals surface area contributed by atoms with Crippen LogP contribution in [0.15, 0.2) is 60.7 Å². The first-order chi connectivity index (χ1) is 9.67. The minimum absolute atomic E-state index is 0.0856. The first-order valence-electron chi connectivity index (χ1n) is 6.48. The van der Waals surface area contributed by atoms with Gasteiger partial charge in [0, 0.05) is 26.2 Å². The average molecular weight is 284 g/mol. The highest BCUT2D eigenvalue weighted by Crippen LogP contribution is 2.46. The van der Waals surface area contributed by atoms with Crippen LogP contribution in [0, 0.1) is 0 Å². The Labute approximate surface area is 123 Å². The van der Waals surface area contributed by atoms with Gasteiger partial charge in [-0.15, -0.1) is 0 Å². The first-order valence-corrected chi connectivity index (χ1v) is 7.21. The van der Waals surface area contributed by atoms with Crippen molar-refractivity contribution < 1.29 is 4.79 Å². The van der Waals surface area contributed by atoms with Crippen molar-refractivity contribution >= 4 is 18.0 Å². The molecule has 0 aliphatic carbocycles. The fraction of sp³-hybridized carbons (Fsp3) is 0.188. The van der Waals surface area contributed by atoms with Crippen LogP contribution in [0.4, 0.5) is 0 Å². The van der Waals surface area contributed by atoms with Crippen LogP contribution < -0.4 is 0 Å². The van der Waals surface area contributed by atoms with Crippen molar-refractivity contribution in [1.82, 2.24) is 8.61 Å². The maximum atomic E-state index is 12.9. The molecule has 0 bridgehead atoms. The Morgan fingerprint density at radius 2 is 1.30 bits per heavy atom. The molecule has 0 aromatic heterocycles. The topological polar surface area (TPSA) is 23.6 Å². The smallest absolute Gasteiger partial charge is 0.263 e. The molecule has 0 radical (unpaired) electrons. The maximum Gasteiger partial charge on any atom is 0.263 e. The van der Waals surface area contributed by atoms with Crippen molar-refractivity contribution in [2.45, 2.75) is 5.54 Å². The van der Waals surface area contributed by atoms with Crippen LogP contribution in [-0.4, -0.2) is 28.6 Å². The van der Waals surface area contributed by atoms with Crippen molar-refractivity contribution in [3.05, 3.63) is 71.8 Å². The third-order valence-electron chi connectivity index (χ3n) is 3.70. The number of benzene rings is 2. The van der Waals surface area contributed by atoms with Gasteiger partial charge in [0.1, 0.15) is 0 Å². The van der Waals surface area contributed by atoms with E-state index >= 15 is 0 Å². The van der Waals surface area contributed by atoms with Gasteiger partial charge >= 0.3 is 0 Å². The standard InChI is InChI=1S/C16H16N2OS/c1-17-15(19)16(18(2)20-17,13-9-5-3-6-10-13)14-11-7-4-8-12-14/h3-12H,1-2H3. The SMILES string of the molecule is CN1SN(C)C(c2ccccc2)(c2ccccc2)C1=O. The maximum absolute atomic E-state index is 12.9. The fourth-order valence-corrected chi connectivity index (χ4v) is 3.77. The van der Waals surface area contributed by atoms with Gasteiger partial charge in [-0.2, -0.15) is 0 Å². The van der Waals surface area contributed by atoms with Crippen LogP contribution >= 0.6 is 12.1 Å². The van der Waals surface area contributed by atoms with Crippen LogP contribution in [0.3, 0.4) is 0 Å². The minimum atomic E-state index is -0.748. The molecule has 3 rings (SSSR count). The van der Waals surface area contributed by atoms with E-state index in [0.29, 0.717) is 0 Å². The van der Waals surface area contributed by atoms with Crippen molar-refractivity contribution in [3.8, 4) is 0 Å². The molecular formula is C16H16N2OS. The van der Waals surface area contributed by atoms with Gasteiger partial charge < -0.3 is 0 Å². The van der Waals surface area contributed by atoms with Gasteiger partial charge in [0.25, 0.3) is 5.91 Å². The molecule has 0 unspecified atom stereocenters. The summed E-state index contributed by atoms with van der Waals surface area (Å²) in [7, 11) is 3.78. The Kier molecular flexibility index (Phi) is 3.28. The first kappa shape index (κ1) is 13.2. The van der Waals surface area contributed by atoms with Gasteiger partial charge in [0.05, 0.1) is 0 Å². The predicted molar refractivity (Wildman–Crippen MR) is 81.8 cm³/mol. The van der Waals surface area contributed by atoms with E-state index in [2.05, 4.69) is 0 Å². The van der Waals surface area contributed by atoms with Crippen LogP contribution in [0.25, 0.3) is 0 Å². The molecule has 1 saturated heterocycles. The lowest BCUT2D eigenvalue weighted by Crippen LogP contribution is -2.44. The molecule has 1 amide bonds. The normalized spacial score (nSPS) is 18.5. The van der Waals surface area contributed by atoms with E-state index in [9.17, 15) is 4.79 Å². The zero-order valence-corrected chi connectivity index (χ0v) is 12.3. The van der Waals surface area contributed by atoms with E-state index in [1.807, 2.05) is 79.1 Å². The molecule has 1 aliphatic rings. The van der Waals surface area contributed by atoms with Crippen molar-refractivity contribution in [2.75, 3.05) is 14.1 Å². The largest absolute Gasteiger partial charge is 0.274 e. The van der Waals surface area contributed by atoms with Crippen molar-refractivity contribution in [3.63, 3.8) is 0 Å². The highest BCUT2D eigenvalue weighted by Gasteiger charge is 2.53. The summed E-state index contributed by atoms with van der Waals surface area (Å²) in [6.45, 7) is 0. The van der Waals surface area contributed by atoms with Gasteiger partial charge in [-0.25, -0.2) is 4.31 Å². The molecule has 3 nitrogen and oxygen atoms in total. The summed E-state index contributed by atoms with van der Waals surface area (Å²) < 4.78 is 3.72. The van der Waals surface area contributed by atoms with Gasteiger partial charge in [-0.3, -0.25) is 9.10 Å². The summed E-state index contributed by atoms with van der Waals surface area (Å²) >= 11 is 1.44. The molecule has 1 fully saturated rings. The summed E-state index contributed by atoms with van der Waals surface area (Å²) in [4.78, 5) is 12.9. The van der Waals surface area contributed by atoms with E-state index in [0.717, 1.165) is 11.1 Å². The van der Waals surface area contributed by atoms with Gasteiger partial charge in [0.2, 0.25) is 0 Å². The second-order valence-electron chi connectivity index (χ2n) is 4.82. The summed E-state index contributed by atoms with van der Waals surface area (Å²) in [6.07, 6.45) is 0. The zero-order chi connectivity index (χ0) is 14.2. The molecule has 2 aromatic carbocycles. The highest BCUT2D eigenvalue weighted by molar-refractivity contribution is 7.95. The van der Waals surface area contributed by atoms with E-state index in [-0.39, 0.29) is 5.91 Å². The van der Waals surface area contributed by atoms with Crippen molar-refractivity contribution in [2.24, 2.45) is 0 Å². The van der Waals surface area contributed by atoms with Gasteiger partial charge in [0.15, 0.2) is 5.54 Å². The molecule has 0 atom stereocenters. The van der Waals surface area contributed by atoms with Crippen LogP contribution in [0.2, 0.25) is 0 Å². The van der Waals surface area contributed by atoms with E-state index in [1.165, 1.54) is 12.1 Å². The Morgan fingerprint density at radius 3 is 1.65 bits per heavy atom. The van der Waals surface area contributed by atoms with E-state index in [1.54, 1.807) is 4.31 Å². The van der Waals surface area contributed by atoms with E-state index < -0.39 is 5.54 Å². The molecule has 102 valence electrons. The number of nitrogens with zero attached hydrogens (tertiary/aromatic N) is 2. The summed E-state index contributed by atoms with van der Waals surface area (Å²) in [5, 5.41) is 0. The van der Waals surface area contributed by atoms with Gasteiger partial charge in [-0.1, -0.05) is 60.7 Å². The van der Waals surface area contributed by atoms with Crippen LogP contribution in [0.1, 0.15) is 11.1 Å². The summed E-state index contributed by atoms with van der Waals surface area (Å²) in [5.41, 5.74) is 1.24. The van der Waals surface area contributed by atoms with Gasteiger partial charge in [-0.05, 0) is 11.1 Å². The number of hydrogen-bond acceptors (Lipinski definition) is 3. The second kappa shape index (κ2) is 4.96. The average Bonchev–Trinajstić information content (AvgIpc) is 2.72. The molecule has 4 heteroatoms. The third-order valence-corrected chi connectivity index (χ3v) is 4.63. The number of carbonyl (C=O) groups excluding carboxylic acids is 1. The number of rotatable bonds is 2. The third kappa shape index (κ3) is 1.76. The monoisotopic (exact) mass is 284 g/mol. The lowest BCUT2D eigenvalue weighted by Gasteiger charge is -2.32. The molecule has 0 N–H and O–H groups in total. The lowest BCUT2D eigenvalue weighted by molar-refractivity contribution is -0.130. The molecule has 2 aromatic rings. The molecule has 1 aliphatic heterocycles. The predicted octanol–water partition coefficient (Wildman–Crippen LogP) is 2.90. The minimum Gasteiger partial charge on any atom is -0.274 e. The molecule has 20 heavy (non-hydrogen) atoms. The number of amides is 1. The Hall–Kier alpha value is -1.78. The second-order valence-corrected chi connectivity index (χ2v) is 6.08. The number of hydrogen-bond donors (Lipinski definition) is 0. The molecule has 0 saturated carbocycles. The van der Waals surface area contributed by atoms with E-state index in [4.69, 9.17) is 0 Å².